The van der Waals surface area contributed by atoms with E-state index in [2.05, 4.69) is 50.5 Å². The quantitative estimate of drug-likeness (QED) is 0.254. The lowest BCUT2D eigenvalue weighted by Crippen LogP contribution is -2.36. The molecule has 1 rings (SSSR count). The molecule has 0 aliphatic rings. The smallest absolute Gasteiger partial charge is 0.249 e. The van der Waals surface area contributed by atoms with Gasteiger partial charge in [-0.1, -0.05) is 85.7 Å². The minimum atomic E-state index is -0.399. The molecule has 0 heterocycles. The van der Waals surface area contributed by atoms with Crippen LogP contribution in [0, 0.1) is 5.92 Å². The molecular weight excluding hydrogens is 412 g/mol. The molecule has 5 nitrogen and oxygen atoms in total. The zero-order chi connectivity index (χ0) is 24.8. The van der Waals surface area contributed by atoms with Crippen molar-refractivity contribution in [3.05, 3.63) is 42.0 Å². The average Bonchev–Trinajstić information content (AvgIpc) is 2.76. The highest BCUT2D eigenvalue weighted by molar-refractivity contribution is 5.89. The van der Waals surface area contributed by atoms with Gasteiger partial charge in [0.25, 0.3) is 0 Å². The molecule has 0 saturated heterocycles. The Kier molecular flexibility index (Phi) is 26.3. The third kappa shape index (κ3) is 20.2. The fourth-order valence-electron chi connectivity index (χ4n) is 2.80. The summed E-state index contributed by atoms with van der Waals surface area (Å²) in [6, 6.07) is 7.74. The number of methoxy groups -OCH3 is 1. The summed E-state index contributed by atoms with van der Waals surface area (Å²) in [5.41, 5.74) is 1.91. The summed E-state index contributed by atoms with van der Waals surface area (Å²) in [7, 11) is 1.58. The predicted molar refractivity (Wildman–Crippen MR) is 145 cm³/mol. The molecule has 2 N–H and O–H groups in total. The minimum Gasteiger partial charge on any atom is -0.372 e. The highest BCUT2D eigenvalue weighted by Crippen LogP contribution is 2.16. The Morgan fingerprint density at radius 3 is 2.24 bits per heavy atom. The largest absolute Gasteiger partial charge is 0.372 e. The molecule has 192 valence electrons. The summed E-state index contributed by atoms with van der Waals surface area (Å²) >= 11 is 0. The van der Waals surface area contributed by atoms with Crippen molar-refractivity contribution in [2.75, 3.05) is 19.0 Å². The number of para-hydroxylation sites is 1. The first-order valence-electron chi connectivity index (χ1n) is 12.2. The zero-order valence-electron chi connectivity index (χ0n) is 21.8. The van der Waals surface area contributed by atoms with Crippen molar-refractivity contribution in [2.45, 2.75) is 101 Å². The number of hydrogen-bond donors (Lipinski definition) is 2. The number of carbonyl (C=O) groups excluding carboxylic acids is 2. The van der Waals surface area contributed by atoms with Crippen LogP contribution in [0.2, 0.25) is 0 Å². The van der Waals surface area contributed by atoms with Crippen molar-refractivity contribution in [1.29, 1.82) is 0 Å². The summed E-state index contributed by atoms with van der Waals surface area (Å²) in [6.45, 7) is 14.6. The van der Waals surface area contributed by atoms with Gasteiger partial charge in [0.05, 0.1) is 0 Å². The molecular formula is C28H52N2O3. The predicted octanol–water partition coefficient (Wildman–Crippen LogP) is 7.17. The number of anilines is 1. The van der Waals surface area contributed by atoms with Gasteiger partial charge < -0.3 is 15.4 Å². The van der Waals surface area contributed by atoms with Crippen LogP contribution in [0.25, 0.3) is 0 Å². The second-order valence-corrected chi connectivity index (χ2v) is 7.77. The third-order valence-electron chi connectivity index (χ3n) is 4.19. The highest BCUT2D eigenvalue weighted by Gasteiger charge is 2.16. The molecule has 2 amide bonds. The molecule has 1 aromatic carbocycles. The van der Waals surface area contributed by atoms with Crippen LogP contribution < -0.4 is 10.6 Å². The maximum Gasteiger partial charge on any atom is 0.249 e. The number of ether oxygens (including phenoxy) is 1. The second-order valence-electron chi connectivity index (χ2n) is 7.77. The van der Waals surface area contributed by atoms with Gasteiger partial charge in [0.15, 0.2) is 0 Å². The first-order chi connectivity index (χ1) is 15.3. The van der Waals surface area contributed by atoms with Gasteiger partial charge in [-0.3, -0.25) is 9.59 Å². The number of aryl methyl sites for hydroxylation is 1. The summed E-state index contributed by atoms with van der Waals surface area (Å²) in [5.74, 6) is 0.421. The fraction of sp³-hybridized carbons (Fsp3) is 0.643. The molecule has 0 bridgehead atoms. The third-order valence-corrected chi connectivity index (χ3v) is 4.19. The highest BCUT2D eigenvalue weighted by atomic mass is 16.5. The van der Waals surface area contributed by atoms with Crippen LogP contribution in [-0.2, 0) is 20.7 Å². The number of allylic oxidation sites excluding steroid dienone is 2. The number of amides is 2. The van der Waals surface area contributed by atoms with Crippen LogP contribution in [0.4, 0.5) is 5.69 Å². The number of benzene rings is 1. The molecule has 0 fully saturated rings. The lowest BCUT2D eigenvalue weighted by atomic mass is 10.1. The van der Waals surface area contributed by atoms with Crippen molar-refractivity contribution in [3.8, 4) is 0 Å². The van der Waals surface area contributed by atoms with Crippen LogP contribution in [0.5, 0.6) is 0 Å². The van der Waals surface area contributed by atoms with E-state index in [9.17, 15) is 9.59 Å². The van der Waals surface area contributed by atoms with Gasteiger partial charge in [-0.05, 0) is 49.7 Å². The number of carbonyl (C=O) groups is 2. The first-order valence-corrected chi connectivity index (χ1v) is 12.2. The van der Waals surface area contributed by atoms with E-state index in [4.69, 9.17) is 4.74 Å². The second kappa shape index (κ2) is 24.5. The Hall–Kier alpha value is -2.14. The Bertz CT molecular complexity index is 627. The first kappa shape index (κ1) is 35.4. The van der Waals surface area contributed by atoms with Gasteiger partial charge in [0.2, 0.25) is 11.8 Å². The van der Waals surface area contributed by atoms with Crippen molar-refractivity contribution < 1.29 is 14.3 Å². The van der Waals surface area contributed by atoms with Gasteiger partial charge in [0.1, 0.15) is 6.10 Å². The van der Waals surface area contributed by atoms with E-state index in [0.717, 1.165) is 43.4 Å². The normalized spacial score (nSPS) is 10.8. The van der Waals surface area contributed by atoms with E-state index in [1.165, 1.54) is 13.3 Å². The summed E-state index contributed by atoms with van der Waals surface area (Å²) in [4.78, 5) is 23.5. The van der Waals surface area contributed by atoms with Crippen molar-refractivity contribution in [3.63, 3.8) is 0 Å². The standard InChI is InChI=1S/C22H34N2O3.C3H8.C2H6.CH4/c1-17(2)11-6-5-7-15-21(27-4)22(26)23-16-10-13-19-12-8-9-14-20(19)24-18(3)25;1-3-2;1-2;/h6,8-9,11-12,14,17,21H,5,7,10,13,15-16H2,1-4H3,(H,23,26)(H,24,25);3H2,1-2H3;1-2H3;1H4/b11-6+;;;. The number of nitrogens with one attached hydrogen (secondary N) is 2. The maximum atomic E-state index is 12.3. The maximum absolute atomic E-state index is 12.3. The number of unbranched alkanes of at least 4 members (excludes halogenated alkanes) is 1. The lowest BCUT2D eigenvalue weighted by Gasteiger charge is -2.15. The van der Waals surface area contributed by atoms with Crippen molar-refractivity contribution in [1.82, 2.24) is 5.32 Å². The molecule has 0 aromatic heterocycles. The van der Waals surface area contributed by atoms with E-state index >= 15 is 0 Å². The lowest BCUT2D eigenvalue weighted by molar-refractivity contribution is -0.131. The summed E-state index contributed by atoms with van der Waals surface area (Å²) in [5, 5.41) is 5.79. The van der Waals surface area contributed by atoms with Gasteiger partial charge in [-0.25, -0.2) is 0 Å². The summed E-state index contributed by atoms with van der Waals surface area (Å²) < 4.78 is 5.33. The Balaban J connectivity index is -0.00000138. The van der Waals surface area contributed by atoms with E-state index < -0.39 is 6.10 Å². The van der Waals surface area contributed by atoms with Crippen molar-refractivity contribution >= 4 is 17.5 Å². The molecule has 0 aliphatic carbocycles. The Morgan fingerprint density at radius 2 is 1.70 bits per heavy atom. The van der Waals surface area contributed by atoms with Gasteiger partial charge >= 0.3 is 0 Å². The molecule has 5 heteroatoms. The van der Waals surface area contributed by atoms with E-state index in [1.807, 2.05) is 38.1 Å². The molecule has 0 saturated carbocycles. The topological polar surface area (TPSA) is 67.4 Å². The van der Waals surface area contributed by atoms with Crippen LogP contribution in [-0.4, -0.2) is 31.6 Å². The molecule has 0 aliphatic heterocycles. The molecule has 33 heavy (non-hydrogen) atoms. The van der Waals surface area contributed by atoms with Crippen LogP contribution in [0.15, 0.2) is 36.4 Å². The Morgan fingerprint density at radius 1 is 1.09 bits per heavy atom. The van der Waals surface area contributed by atoms with Crippen molar-refractivity contribution in [2.24, 2.45) is 5.92 Å². The van der Waals surface area contributed by atoms with Crippen LogP contribution in [0.3, 0.4) is 0 Å². The van der Waals surface area contributed by atoms with Crippen LogP contribution in [0.1, 0.15) is 93.6 Å². The van der Waals surface area contributed by atoms with E-state index in [1.54, 1.807) is 7.11 Å². The molecule has 1 unspecified atom stereocenters. The molecule has 1 aromatic rings. The van der Waals surface area contributed by atoms with Crippen LogP contribution >= 0.6 is 0 Å². The summed E-state index contributed by atoms with van der Waals surface area (Å²) in [6.07, 6.45) is 9.40. The average molecular weight is 465 g/mol. The SMILES string of the molecule is C.CC.CCC.COC(CCC/C=C/C(C)C)C(=O)NCCCc1ccccc1NC(C)=O. The molecule has 0 spiro atoms. The monoisotopic (exact) mass is 464 g/mol. The van der Waals surface area contributed by atoms with E-state index in [0.29, 0.717) is 12.5 Å². The number of hydrogen-bond acceptors (Lipinski definition) is 3. The zero-order valence-corrected chi connectivity index (χ0v) is 21.8. The molecule has 0 radical (unpaired) electrons. The van der Waals surface area contributed by atoms with Gasteiger partial charge in [-0.2, -0.15) is 0 Å². The van der Waals surface area contributed by atoms with Gasteiger partial charge in [0, 0.05) is 26.3 Å². The molecule has 1 atom stereocenters. The minimum absolute atomic E-state index is 0. The van der Waals surface area contributed by atoms with E-state index in [-0.39, 0.29) is 19.2 Å². The number of rotatable bonds is 12. The van der Waals surface area contributed by atoms with Gasteiger partial charge in [-0.15, -0.1) is 0 Å². The Labute approximate surface area is 204 Å². The fourth-order valence-corrected chi connectivity index (χ4v) is 2.80.